The van der Waals surface area contributed by atoms with Gasteiger partial charge in [0.2, 0.25) is 0 Å². The van der Waals surface area contributed by atoms with Crippen LogP contribution in [0.2, 0.25) is 0 Å². The SMILES string of the molecule is Cc1ccc(C(NCCCNC(=O)OC(C)(C)C)C2CC2)cc1. The van der Waals surface area contributed by atoms with E-state index in [4.69, 9.17) is 4.74 Å². The number of benzene rings is 1. The van der Waals surface area contributed by atoms with Gasteiger partial charge in [-0.15, -0.1) is 0 Å². The zero-order valence-corrected chi connectivity index (χ0v) is 14.8. The van der Waals surface area contributed by atoms with Crippen molar-refractivity contribution in [1.29, 1.82) is 0 Å². The predicted molar refractivity (Wildman–Crippen MR) is 93.5 cm³/mol. The molecule has 2 rings (SSSR count). The van der Waals surface area contributed by atoms with Crippen LogP contribution in [0.5, 0.6) is 0 Å². The van der Waals surface area contributed by atoms with Crippen LogP contribution in [0.25, 0.3) is 0 Å². The number of rotatable bonds is 7. The first kappa shape index (κ1) is 17.8. The predicted octanol–water partition coefficient (Wildman–Crippen LogP) is 3.95. The van der Waals surface area contributed by atoms with E-state index in [1.807, 2.05) is 20.8 Å². The first-order chi connectivity index (χ1) is 10.8. The number of nitrogens with one attached hydrogen (secondary N) is 2. The fourth-order valence-electron chi connectivity index (χ4n) is 2.61. The van der Waals surface area contributed by atoms with Gasteiger partial charge in [-0.05, 0) is 65.0 Å². The molecule has 1 fully saturated rings. The van der Waals surface area contributed by atoms with Crippen LogP contribution in [0.1, 0.15) is 57.2 Å². The molecular weight excluding hydrogens is 288 g/mol. The minimum Gasteiger partial charge on any atom is -0.444 e. The summed E-state index contributed by atoms with van der Waals surface area (Å²) in [4.78, 5) is 11.6. The van der Waals surface area contributed by atoms with Gasteiger partial charge in [-0.2, -0.15) is 0 Å². The maximum Gasteiger partial charge on any atom is 0.407 e. The van der Waals surface area contributed by atoms with Gasteiger partial charge in [-0.25, -0.2) is 4.79 Å². The molecule has 1 unspecified atom stereocenters. The summed E-state index contributed by atoms with van der Waals surface area (Å²) in [5.41, 5.74) is 2.23. The molecule has 1 aromatic rings. The number of carbonyl (C=O) groups is 1. The van der Waals surface area contributed by atoms with Crippen molar-refractivity contribution in [1.82, 2.24) is 10.6 Å². The summed E-state index contributed by atoms with van der Waals surface area (Å²) in [5, 5.41) is 6.45. The summed E-state index contributed by atoms with van der Waals surface area (Å²) in [6, 6.07) is 9.25. The Bertz CT molecular complexity index is 501. The molecule has 0 saturated heterocycles. The summed E-state index contributed by atoms with van der Waals surface area (Å²) < 4.78 is 5.22. The topological polar surface area (TPSA) is 50.4 Å². The number of hydrogen-bond donors (Lipinski definition) is 2. The van der Waals surface area contributed by atoms with Gasteiger partial charge in [0.25, 0.3) is 0 Å². The Morgan fingerprint density at radius 2 is 1.87 bits per heavy atom. The van der Waals surface area contributed by atoms with Crippen LogP contribution < -0.4 is 10.6 Å². The second-order valence-electron chi connectivity index (χ2n) is 7.46. The van der Waals surface area contributed by atoms with Gasteiger partial charge in [-0.1, -0.05) is 29.8 Å². The molecule has 23 heavy (non-hydrogen) atoms. The van der Waals surface area contributed by atoms with E-state index in [0.717, 1.165) is 18.9 Å². The lowest BCUT2D eigenvalue weighted by molar-refractivity contribution is 0.0527. The first-order valence-corrected chi connectivity index (χ1v) is 8.62. The monoisotopic (exact) mass is 318 g/mol. The zero-order chi connectivity index (χ0) is 16.9. The van der Waals surface area contributed by atoms with Crippen molar-refractivity contribution in [2.24, 2.45) is 5.92 Å². The molecule has 0 aliphatic heterocycles. The number of alkyl carbamates (subject to hydrolysis) is 1. The van der Waals surface area contributed by atoms with Crippen molar-refractivity contribution in [2.45, 2.75) is 58.6 Å². The minimum atomic E-state index is -0.440. The van der Waals surface area contributed by atoms with Gasteiger partial charge in [0.1, 0.15) is 5.60 Å². The molecule has 0 spiro atoms. The number of aryl methyl sites for hydroxylation is 1. The molecule has 4 heteroatoms. The van der Waals surface area contributed by atoms with Gasteiger partial charge in [-0.3, -0.25) is 0 Å². The Hall–Kier alpha value is -1.55. The molecule has 2 N–H and O–H groups in total. The van der Waals surface area contributed by atoms with Crippen LogP contribution in [0, 0.1) is 12.8 Å². The summed E-state index contributed by atoms with van der Waals surface area (Å²) in [6.45, 7) is 9.26. The third-order valence-corrected chi connectivity index (χ3v) is 3.92. The van der Waals surface area contributed by atoms with Gasteiger partial charge in [0.15, 0.2) is 0 Å². The molecule has 1 aromatic carbocycles. The van der Waals surface area contributed by atoms with Gasteiger partial charge in [0, 0.05) is 12.6 Å². The lowest BCUT2D eigenvalue weighted by Crippen LogP contribution is -2.34. The van der Waals surface area contributed by atoms with E-state index >= 15 is 0 Å². The van der Waals surface area contributed by atoms with Crippen LogP contribution in [-0.2, 0) is 4.74 Å². The summed E-state index contributed by atoms with van der Waals surface area (Å²) >= 11 is 0. The molecule has 0 aromatic heterocycles. The molecule has 128 valence electrons. The second kappa shape index (κ2) is 7.82. The third kappa shape index (κ3) is 6.61. The number of hydrogen-bond acceptors (Lipinski definition) is 3. The maximum absolute atomic E-state index is 11.6. The molecule has 1 aliphatic rings. The summed E-state index contributed by atoms with van der Waals surface area (Å²) in [5.74, 6) is 0.761. The number of ether oxygens (including phenoxy) is 1. The molecule has 1 saturated carbocycles. The van der Waals surface area contributed by atoms with Crippen molar-refractivity contribution in [2.75, 3.05) is 13.1 Å². The average Bonchev–Trinajstić information content (AvgIpc) is 3.27. The van der Waals surface area contributed by atoms with Crippen LogP contribution in [0.4, 0.5) is 4.79 Å². The highest BCUT2D eigenvalue weighted by molar-refractivity contribution is 5.67. The van der Waals surface area contributed by atoms with E-state index in [9.17, 15) is 4.79 Å². The maximum atomic E-state index is 11.6. The van der Waals surface area contributed by atoms with E-state index < -0.39 is 5.60 Å². The fourth-order valence-corrected chi connectivity index (χ4v) is 2.61. The lowest BCUT2D eigenvalue weighted by Gasteiger charge is -2.20. The summed E-state index contributed by atoms with van der Waals surface area (Å²) in [7, 11) is 0. The lowest BCUT2D eigenvalue weighted by atomic mass is 10.0. The Morgan fingerprint density at radius 1 is 1.22 bits per heavy atom. The van der Waals surface area contributed by atoms with E-state index in [1.165, 1.54) is 24.0 Å². The molecule has 0 radical (unpaired) electrons. The van der Waals surface area contributed by atoms with Crippen LogP contribution >= 0.6 is 0 Å². The molecule has 1 aliphatic carbocycles. The first-order valence-electron chi connectivity index (χ1n) is 8.62. The van der Waals surface area contributed by atoms with Crippen molar-refractivity contribution < 1.29 is 9.53 Å². The highest BCUT2D eigenvalue weighted by Gasteiger charge is 2.31. The molecule has 1 amide bonds. The van der Waals surface area contributed by atoms with Gasteiger partial charge < -0.3 is 15.4 Å². The Kier molecular flexibility index (Phi) is 6.05. The second-order valence-corrected chi connectivity index (χ2v) is 7.46. The van der Waals surface area contributed by atoms with Crippen molar-refractivity contribution >= 4 is 6.09 Å². The number of amides is 1. The van der Waals surface area contributed by atoms with Gasteiger partial charge >= 0.3 is 6.09 Å². The van der Waals surface area contributed by atoms with E-state index in [1.54, 1.807) is 0 Å². The van der Waals surface area contributed by atoms with Crippen LogP contribution in [-0.4, -0.2) is 24.8 Å². The molecule has 0 bridgehead atoms. The minimum absolute atomic E-state index is 0.338. The van der Waals surface area contributed by atoms with Crippen LogP contribution in [0.3, 0.4) is 0 Å². The fraction of sp³-hybridized carbons (Fsp3) is 0.632. The van der Waals surface area contributed by atoms with Crippen LogP contribution in [0.15, 0.2) is 24.3 Å². The smallest absolute Gasteiger partial charge is 0.407 e. The van der Waals surface area contributed by atoms with Crippen molar-refractivity contribution in [3.8, 4) is 0 Å². The summed E-state index contributed by atoms with van der Waals surface area (Å²) in [6.07, 6.45) is 3.17. The largest absolute Gasteiger partial charge is 0.444 e. The molecule has 1 atom stereocenters. The van der Waals surface area contributed by atoms with E-state index in [0.29, 0.717) is 12.6 Å². The average molecular weight is 318 g/mol. The Labute approximate surface area is 140 Å². The van der Waals surface area contributed by atoms with Crippen molar-refractivity contribution in [3.05, 3.63) is 35.4 Å². The number of carbonyl (C=O) groups excluding carboxylic acids is 1. The highest BCUT2D eigenvalue weighted by atomic mass is 16.6. The molecular formula is C19H30N2O2. The normalized spacial score (nSPS) is 16.0. The zero-order valence-electron chi connectivity index (χ0n) is 14.8. The standard InChI is InChI=1S/C19H30N2O2/c1-14-6-8-15(9-7-14)17(16-10-11-16)20-12-5-13-21-18(22)23-19(2,3)4/h6-9,16-17,20H,5,10-13H2,1-4H3,(H,21,22). The van der Waals surface area contributed by atoms with Crippen molar-refractivity contribution in [3.63, 3.8) is 0 Å². The third-order valence-electron chi connectivity index (χ3n) is 3.92. The van der Waals surface area contributed by atoms with E-state index in [-0.39, 0.29) is 6.09 Å². The van der Waals surface area contributed by atoms with E-state index in [2.05, 4.69) is 41.8 Å². The molecule has 0 heterocycles. The Morgan fingerprint density at radius 3 is 2.43 bits per heavy atom. The van der Waals surface area contributed by atoms with Gasteiger partial charge in [0.05, 0.1) is 0 Å². The quantitative estimate of drug-likeness (QED) is 0.748. The highest BCUT2D eigenvalue weighted by Crippen LogP contribution is 2.40. The Balaban J connectivity index is 1.69. The molecule has 4 nitrogen and oxygen atoms in total.